The summed E-state index contributed by atoms with van der Waals surface area (Å²) in [6.07, 6.45) is 3.81. The van der Waals surface area contributed by atoms with E-state index in [1.54, 1.807) is 6.33 Å². The van der Waals surface area contributed by atoms with E-state index in [-0.39, 0.29) is 0 Å². The first kappa shape index (κ1) is 16.1. The molecular weight excluding hydrogens is 338 g/mol. The lowest BCUT2D eigenvalue weighted by Crippen LogP contribution is -2.47. The number of likely N-dealkylation sites (N-methyl/N-ethyl adjacent to an activating group) is 1. The van der Waals surface area contributed by atoms with Crippen LogP contribution in [0.3, 0.4) is 0 Å². The molecule has 1 aromatic carbocycles. The number of rotatable bonds is 3. The van der Waals surface area contributed by atoms with Gasteiger partial charge >= 0.3 is 0 Å². The summed E-state index contributed by atoms with van der Waals surface area (Å²) in [4.78, 5) is 17.6. The Kier molecular flexibility index (Phi) is 4.21. The van der Waals surface area contributed by atoms with Crippen LogP contribution in [0.25, 0.3) is 11.1 Å². The van der Waals surface area contributed by atoms with Crippen LogP contribution in [0.15, 0.2) is 35.0 Å². The van der Waals surface area contributed by atoms with Crippen LogP contribution in [0.1, 0.15) is 18.5 Å². The average Bonchev–Trinajstić information content (AvgIpc) is 3.04. The Balaban J connectivity index is 1.55. The van der Waals surface area contributed by atoms with Crippen molar-refractivity contribution in [1.29, 1.82) is 0 Å². The van der Waals surface area contributed by atoms with E-state index < -0.39 is 0 Å². The molecule has 6 nitrogen and oxygen atoms in total. The molecule has 1 aliphatic rings. The van der Waals surface area contributed by atoms with Gasteiger partial charge in [0.1, 0.15) is 17.7 Å². The number of hydrogen-bond acceptors (Lipinski definition) is 6. The molecule has 130 valence electrons. The standard InChI is InChI=1S/C18H20ClN5O/c1-12-8-17(21-11-20-12)23(2)14-4-3-7-24(10-14)18-22-15-9-13(19)5-6-16(15)25-18/h5-6,8-9,11,14H,3-4,7,10H2,1-2H3. The first-order chi connectivity index (χ1) is 12.1. The highest BCUT2D eigenvalue weighted by Gasteiger charge is 2.27. The van der Waals surface area contributed by atoms with E-state index in [1.807, 2.05) is 31.2 Å². The summed E-state index contributed by atoms with van der Waals surface area (Å²) in [7, 11) is 2.09. The summed E-state index contributed by atoms with van der Waals surface area (Å²) in [6.45, 7) is 3.77. The lowest BCUT2D eigenvalue weighted by atomic mass is 10.0. The largest absolute Gasteiger partial charge is 0.423 e. The molecule has 7 heteroatoms. The summed E-state index contributed by atoms with van der Waals surface area (Å²) in [5.74, 6) is 0.948. The molecule has 0 saturated carbocycles. The minimum absolute atomic E-state index is 0.349. The lowest BCUT2D eigenvalue weighted by Gasteiger charge is -2.37. The molecule has 1 saturated heterocycles. The molecule has 25 heavy (non-hydrogen) atoms. The van der Waals surface area contributed by atoms with Gasteiger partial charge in [-0.3, -0.25) is 0 Å². The third-order valence-electron chi connectivity index (χ3n) is 4.70. The maximum atomic E-state index is 6.05. The van der Waals surface area contributed by atoms with Crippen LogP contribution >= 0.6 is 11.6 Å². The van der Waals surface area contributed by atoms with Crippen molar-refractivity contribution >= 4 is 34.5 Å². The Morgan fingerprint density at radius 1 is 1.28 bits per heavy atom. The fourth-order valence-electron chi connectivity index (χ4n) is 3.29. The van der Waals surface area contributed by atoms with Crippen molar-refractivity contribution < 1.29 is 4.42 Å². The van der Waals surface area contributed by atoms with Crippen molar-refractivity contribution in [1.82, 2.24) is 15.0 Å². The topological polar surface area (TPSA) is 58.3 Å². The van der Waals surface area contributed by atoms with E-state index in [0.717, 1.165) is 48.5 Å². The number of aryl methyl sites for hydroxylation is 1. The van der Waals surface area contributed by atoms with E-state index in [0.29, 0.717) is 17.1 Å². The first-order valence-electron chi connectivity index (χ1n) is 8.43. The van der Waals surface area contributed by atoms with Gasteiger partial charge in [-0.1, -0.05) is 11.6 Å². The monoisotopic (exact) mass is 357 g/mol. The fourth-order valence-corrected chi connectivity index (χ4v) is 3.46. The normalized spacial score (nSPS) is 17.9. The van der Waals surface area contributed by atoms with Crippen LogP contribution in [0.2, 0.25) is 5.02 Å². The Bertz CT molecular complexity index is 896. The van der Waals surface area contributed by atoms with Crippen LogP contribution in [0.4, 0.5) is 11.8 Å². The Labute approximate surface area is 151 Å². The second kappa shape index (κ2) is 6.52. The number of oxazole rings is 1. The minimum atomic E-state index is 0.349. The summed E-state index contributed by atoms with van der Waals surface area (Å²) < 4.78 is 5.93. The molecule has 0 radical (unpaired) electrons. The first-order valence-corrected chi connectivity index (χ1v) is 8.80. The molecule has 3 aromatic rings. The molecule has 0 N–H and O–H groups in total. The SMILES string of the molecule is Cc1cc(N(C)C2CCCN(c3nc4cc(Cl)ccc4o3)C2)ncn1. The summed E-state index contributed by atoms with van der Waals surface area (Å²) in [5.41, 5.74) is 2.53. The predicted molar refractivity (Wildman–Crippen MR) is 99.4 cm³/mol. The molecule has 0 bridgehead atoms. The van der Waals surface area contributed by atoms with Gasteiger partial charge < -0.3 is 14.2 Å². The zero-order valence-corrected chi connectivity index (χ0v) is 15.1. The summed E-state index contributed by atoms with van der Waals surface area (Å²) in [6, 6.07) is 8.55. The summed E-state index contributed by atoms with van der Waals surface area (Å²) >= 11 is 6.05. The van der Waals surface area contributed by atoms with Gasteiger partial charge in [0, 0.05) is 43.0 Å². The molecule has 0 spiro atoms. The van der Waals surface area contributed by atoms with Gasteiger partial charge in [0.15, 0.2) is 5.58 Å². The van der Waals surface area contributed by atoms with E-state index >= 15 is 0 Å². The average molecular weight is 358 g/mol. The van der Waals surface area contributed by atoms with E-state index in [1.165, 1.54) is 0 Å². The number of fused-ring (bicyclic) bond motifs is 1. The molecule has 1 aliphatic heterocycles. The van der Waals surface area contributed by atoms with Gasteiger partial charge in [-0.25, -0.2) is 9.97 Å². The van der Waals surface area contributed by atoms with Crippen LogP contribution in [0, 0.1) is 6.92 Å². The lowest BCUT2D eigenvalue weighted by molar-refractivity contribution is 0.454. The van der Waals surface area contributed by atoms with E-state index in [2.05, 4.69) is 31.8 Å². The minimum Gasteiger partial charge on any atom is -0.423 e. The molecule has 1 atom stereocenters. The number of hydrogen-bond donors (Lipinski definition) is 0. The number of piperidine rings is 1. The quantitative estimate of drug-likeness (QED) is 0.712. The maximum Gasteiger partial charge on any atom is 0.298 e. The van der Waals surface area contributed by atoms with Gasteiger partial charge in [0.25, 0.3) is 6.01 Å². The molecular formula is C18H20ClN5O. The highest BCUT2D eigenvalue weighted by molar-refractivity contribution is 6.31. The number of halogens is 1. The number of nitrogens with zero attached hydrogens (tertiary/aromatic N) is 5. The predicted octanol–water partition coefficient (Wildman–Crippen LogP) is 3.68. The van der Waals surface area contributed by atoms with Crippen molar-refractivity contribution in [3.05, 3.63) is 41.3 Å². The van der Waals surface area contributed by atoms with Gasteiger partial charge in [-0.2, -0.15) is 4.98 Å². The highest BCUT2D eigenvalue weighted by Crippen LogP contribution is 2.28. The van der Waals surface area contributed by atoms with Crippen LogP contribution < -0.4 is 9.80 Å². The number of aromatic nitrogens is 3. The van der Waals surface area contributed by atoms with Crippen LogP contribution in [0.5, 0.6) is 0 Å². The van der Waals surface area contributed by atoms with E-state index in [4.69, 9.17) is 16.0 Å². The number of benzene rings is 1. The Morgan fingerprint density at radius 3 is 3.00 bits per heavy atom. The molecule has 1 fully saturated rings. The van der Waals surface area contributed by atoms with E-state index in [9.17, 15) is 0 Å². The van der Waals surface area contributed by atoms with Crippen molar-refractivity contribution in [2.45, 2.75) is 25.8 Å². The molecule has 0 aliphatic carbocycles. The molecule has 4 rings (SSSR count). The number of anilines is 2. The molecule has 2 aromatic heterocycles. The van der Waals surface area contributed by atoms with Crippen molar-refractivity contribution in [2.75, 3.05) is 29.9 Å². The fraction of sp³-hybridized carbons (Fsp3) is 0.389. The zero-order chi connectivity index (χ0) is 17.4. The van der Waals surface area contributed by atoms with Gasteiger partial charge in [-0.15, -0.1) is 0 Å². The van der Waals surface area contributed by atoms with Crippen molar-refractivity contribution in [3.63, 3.8) is 0 Å². The van der Waals surface area contributed by atoms with Gasteiger partial charge in [-0.05, 0) is 38.0 Å². The third-order valence-corrected chi connectivity index (χ3v) is 4.94. The second-order valence-electron chi connectivity index (χ2n) is 6.48. The van der Waals surface area contributed by atoms with Crippen LogP contribution in [-0.4, -0.2) is 41.1 Å². The van der Waals surface area contributed by atoms with Crippen molar-refractivity contribution in [3.8, 4) is 0 Å². The molecule has 3 heterocycles. The van der Waals surface area contributed by atoms with Gasteiger partial charge in [0.05, 0.1) is 0 Å². The Hall–Kier alpha value is -2.34. The Morgan fingerprint density at radius 2 is 2.16 bits per heavy atom. The zero-order valence-electron chi connectivity index (χ0n) is 14.3. The highest BCUT2D eigenvalue weighted by atomic mass is 35.5. The summed E-state index contributed by atoms with van der Waals surface area (Å²) in [5, 5.41) is 0.669. The smallest absolute Gasteiger partial charge is 0.298 e. The maximum absolute atomic E-state index is 6.05. The third kappa shape index (κ3) is 3.26. The van der Waals surface area contributed by atoms with Crippen molar-refractivity contribution in [2.24, 2.45) is 0 Å². The molecule has 0 amide bonds. The second-order valence-corrected chi connectivity index (χ2v) is 6.92. The van der Waals surface area contributed by atoms with Gasteiger partial charge in [0.2, 0.25) is 0 Å². The molecule has 1 unspecified atom stereocenters. The van der Waals surface area contributed by atoms with Crippen LogP contribution in [-0.2, 0) is 0 Å².